The summed E-state index contributed by atoms with van der Waals surface area (Å²) in [4.78, 5) is 3.54. The van der Waals surface area contributed by atoms with Gasteiger partial charge in [-0.1, -0.05) is 60.7 Å². The van der Waals surface area contributed by atoms with Gasteiger partial charge in [-0.05, 0) is 25.0 Å². The van der Waals surface area contributed by atoms with Gasteiger partial charge >= 0.3 is 0 Å². The number of nitrogens with one attached hydrogen (secondary N) is 1. The third-order valence-corrected chi connectivity index (χ3v) is 2.20. The molecule has 0 amide bonds. The van der Waals surface area contributed by atoms with E-state index >= 15 is 0 Å². The van der Waals surface area contributed by atoms with Crippen molar-refractivity contribution in [2.24, 2.45) is 4.99 Å². The number of hydrogen-bond acceptors (Lipinski definition) is 2. The maximum Gasteiger partial charge on any atom is 0.0864 e. The normalized spacial score (nSPS) is 9.06. The second-order valence-corrected chi connectivity index (χ2v) is 4.07. The summed E-state index contributed by atoms with van der Waals surface area (Å²) >= 11 is 0. The smallest absolute Gasteiger partial charge is 0.0864 e. The molecule has 0 atom stereocenters. The molecule has 0 saturated carbocycles. The Hall–Kier alpha value is -2.18. The fourth-order valence-electron chi connectivity index (χ4n) is 1.39. The van der Waals surface area contributed by atoms with Crippen molar-refractivity contribution in [3.05, 3.63) is 60.7 Å². The third-order valence-electron chi connectivity index (χ3n) is 2.20. The predicted molar refractivity (Wildman–Crippen MR) is 77.2 cm³/mol. The van der Waals surface area contributed by atoms with Crippen LogP contribution in [0.1, 0.15) is 13.8 Å². The highest BCUT2D eigenvalue weighted by molar-refractivity contribution is 5.62. The standard InChI is InChI=1S/C12H10.C4H8N2/c1-3-7-11(8-4-1)12-9-5-2-6-10-12;1-4(2)6-3-5/h1-10H;4-5H,1-2H3. The molecule has 0 fully saturated rings. The quantitative estimate of drug-likeness (QED) is 0.748. The van der Waals surface area contributed by atoms with Gasteiger partial charge in [0.2, 0.25) is 0 Å². The first-order valence-electron chi connectivity index (χ1n) is 5.96. The third kappa shape index (κ3) is 5.24. The Balaban J connectivity index is 0.000000232. The first kappa shape index (κ1) is 13.9. The lowest BCUT2D eigenvalue weighted by atomic mass is 10.1. The maximum absolute atomic E-state index is 6.32. The highest BCUT2D eigenvalue weighted by Crippen LogP contribution is 2.17. The topological polar surface area (TPSA) is 36.2 Å². The minimum Gasteiger partial charge on any atom is -0.242 e. The van der Waals surface area contributed by atoms with E-state index in [0.29, 0.717) is 0 Å². The fourth-order valence-corrected chi connectivity index (χ4v) is 1.39. The lowest BCUT2D eigenvalue weighted by Crippen LogP contribution is -1.83. The van der Waals surface area contributed by atoms with E-state index in [1.54, 1.807) is 0 Å². The van der Waals surface area contributed by atoms with Crippen LogP contribution < -0.4 is 0 Å². The summed E-state index contributed by atoms with van der Waals surface area (Å²) in [5.41, 5.74) is 2.55. The number of aliphatic imine (C=N–C) groups is 1. The van der Waals surface area contributed by atoms with Crippen LogP contribution >= 0.6 is 0 Å². The Morgan fingerprint density at radius 1 is 0.833 bits per heavy atom. The van der Waals surface area contributed by atoms with Gasteiger partial charge in [-0.25, -0.2) is 10.4 Å². The van der Waals surface area contributed by atoms with Crippen LogP contribution in [0.2, 0.25) is 0 Å². The Labute approximate surface area is 109 Å². The van der Waals surface area contributed by atoms with E-state index < -0.39 is 0 Å². The van der Waals surface area contributed by atoms with Gasteiger partial charge < -0.3 is 0 Å². The van der Waals surface area contributed by atoms with Gasteiger partial charge in [0, 0.05) is 0 Å². The van der Waals surface area contributed by atoms with Gasteiger partial charge in [-0.15, -0.1) is 0 Å². The van der Waals surface area contributed by atoms with Crippen molar-refractivity contribution in [1.29, 1.82) is 5.41 Å². The molecule has 0 aliphatic heterocycles. The zero-order chi connectivity index (χ0) is 13.2. The molecule has 0 unspecified atom stereocenters. The molecule has 0 saturated heterocycles. The average molecular weight is 238 g/mol. The molecule has 2 heteroatoms. The van der Waals surface area contributed by atoms with Crippen LogP contribution in [0.4, 0.5) is 0 Å². The molecule has 92 valence electrons. The van der Waals surface area contributed by atoms with E-state index in [4.69, 9.17) is 5.41 Å². The van der Waals surface area contributed by atoms with Crippen LogP contribution in [0.3, 0.4) is 0 Å². The largest absolute Gasteiger partial charge is 0.242 e. The summed E-state index contributed by atoms with van der Waals surface area (Å²) in [6, 6.07) is 22.9. The van der Waals surface area contributed by atoms with E-state index in [1.807, 2.05) is 32.0 Å². The first-order chi connectivity index (χ1) is 8.74. The SMILES string of the molecule is CC(C)N=C=N.c1ccc(-c2ccccc2)cc1. The molecule has 0 heterocycles. The van der Waals surface area contributed by atoms with E-state index in [9.17, 15) is 0 Å². The summed E-state index contributed by atoms with van der Waals surface area (Å²) in [5.74, 6) is 0. The van der Waals surface area contributed by atoms with Crippen molar-refractivity contribution in [2.45, 2.75) is 19.9 Å². The average Bonchev–Trinajstić information content (AvgIpc) is 2.41. The zero-order valence-corrected chi connectivity index (χ0v) is 10.8. The van der Waals surface area contributed by atoms with E-state index in [2.05, 4.69) is 53.5 Å². The maximum atomic E-state index is 6.32. The fraction of sp³-hybridized carbons (Fsp3) is 0.188. The molecular weight excluding hydrogens is 220 g/mol. The van der Waals surface area contributed by atoms with Crippen molar-refractivity contribution in [3.63, 3.8) is 0 Å². The van der Waals surface area contributed by atoms with Crippen LogP contribution in [-0.2, 0) is 0 Å². The van der Waals surface area contributed by atoms with Crippen molar-refractivity contribution < 1.29 is 0 Å². The van der Waals surface area contributed by atoms with Crippen molar-refractivity contribution in [2.75, 3.05) is 0 Å². The molecule has 0 spiro atoms. The summed E-state index contributed by atoms with van der Waals surface area (Å²) in [6.45, 7) is 3.81. The molecule has 1 N–H and O–H groups in total. The van der Waals surface area contributed by atoms with Crippen LogP contribution in [0.15, 0.2) is 65.7 Å². The van der Waals surface area contributed by atoms with Crippen LogP contribution in [0, 0.1) is 5.41 Å². The number of benzene rings is 2. The summed E-state index contributed by atoms with van der Waals surface area (Å²) in [6.07, 6.45) is 0. The predicted octanol–water partition coefficient (Wildman–Crippen LogP) is 4.50. The number of hydrogen-bond donors (Lipinski definition) is 1. The van der Waals surface area contributed by atoms with Gasteiger partial charge in [0.05, 0.1) is 12.1 Å². The Morgan fingerprint density at radius 2 is 1.22 bits per heavy atom. The minimum atomic E-state index is 0.225. The number of rotatable bonds is 2. The molecule has 2 aromatic rings. The number of nitrogens with zero attached hydrogens (tertiary/aromatic N) is 1. The highest BCUT2D eigenvalue weighted by Gasteiger charge is 1.91. The lowest BCUT2D eigenvalue weighted by Gasteiger charge is -1.98. The van der Waals surface area contributed by atoms with Gasteiger partial charge in [0.15, 0.2) is 0 Å². The van der Waals surface area contributed by atoms with Crippen LogP contribution in [-0.4, -0.2) is 12.1 Å². The van der Waals surface area contributed by atoms with Gasteiger partial charge in [0.25, 0.3) is 0 Å². The second-order valence-electron chi connectivity index (χ2n) is 4.07. The van der Waals surface area contributed by atoms with Crippen molar-refractivity contribution >= 4 is 6.01 Å². The van der Waals surface area contributed by atoms with Crippen molar-refractivity contribution in [3.8, 4) is 11.1 Å². The Bertz CT molecular complexity index is 446. The molecule has 0 aliphatic rings. The highest BCUT2D eigenvalue weighted by atomic mass is 14.7. The second kappa shape index (κ2) is 7.99. The van der Waals surface area contributed by atoms with Gasteiger partial charge in [0.1, 0.15) is 0 Å². The Morgan fingerprint density at radius 3 is 1.44 bits per heavy atom. The first-order valence-corrected chi connectivity index (χ1v) is 5.96. The molecule has 0 radical (unpaired) electrons. The molecule has 0 bridgehead atoms. The van der Waals surface area contributed by atoms with Gasteiger partial charge in [-0.2, -0.15) is 0 Å². The van der Waals surface area contributed by atoms with Crippen LogP contribution in [0.5, 0.6) is 0 Å². The summed E-state index contributed by atoms with van der Waals surface area (Å²) in [7, 11) is 0. The van der Waals surface area contributed by atoms with E-state index in [-0.39, 0.29) is 6.04 Å². The summed E-state index contributed by atoms with van der Waals surface area (Å²) < 4.78 is 0. The van der Waals surface area contributed by atoms with Crippen molar-refractivity contribution in [1.82, 2.24) is 0 Å². The van der Waals surface area contributed by atoms with E-state index in [1.165, 1.54) is 11.1 Å². The summed E-state index contributed by atoms with van der Waals surface area (Å²) in [5, 5.41) is 6.32. The monoisotopic (exact) mass is 238 g/mol. The lowest BCUT2D eigenvalue weighted by molar-refractivity contribution is 0.841. The van der Waals surface area contributed by atoms with Gasteiger partial charge in [-0.3, -0.25) is 0 Å². The molecule has 0 aliphatic carbocycles. The molecule has 0 aromatic heterocycles. The van der Waals surface area contributed by atoms with Crippen LogP contribution in [0.25, 0.3) is 11.1 Å². The Kier molecular flexibility index (Phi) is 6.16. The molecule has 2 aromatic carbocycles. The minimum absolute atomic E-state index is 0.225. The molecule has 2 rings (SSSR count). The van der Waals surface area contributed by atoms with E-state index in [0.717, 1.165) is 0 Å². The molecular formula is C16H18N2. The zero-order valence-electron chi connectivity index (χ0n) is 10.8. The molecule has 2 nitrogen and oxygen atoms in total. The molecule has 18 heavy (non-hydrogen) atoms.